The molecule has 0 unspecified atom stereocenters. The van der Waals surface area contributed by atoms with Crippen LogP contribution in [0.5, 0.6) is 0 Å². The third kappa shape index (κ3) is 4.82. The largest absolute Gasteiger partial charge is 0.335 e. The number of pyridine rings is 1. The van der Waals surface area contributed by atoms with Crippen LogP contribution in [0.4, 0.5) is 0 Å². The molecule has 5 rings (SSSR count). The molecule has 0 aliphatic rings. The summed E-state index contributed by atoms with van der Waals surface area (Å²) in [7, 11) is 0. The molecule has 12 nitrogen and oxygen atoms in total. The van der Waals surface area contributed by atoms with Gasteiger partial charge in [-0.25, -0.2) is 19.1 Å². The molecule has 5 aromatic rings. The van der Waals surface area contributed by atoms with Gasteiger partial charge in [-0.2, -0.15) is 0 Å². The van der Waals surface area contributed by atoms with Crippen molar-refractivity contribution in [2.24, 2.45) is 0 Å². The van der Waals surface area contributed by atoms with Gasteiger partial charge in [0.15, 0.2) is 5.82 Å². The van der Waals surface area contributed by atoms with E-state index in [1.54, 1.807) is 20.0 Å². The zero-order valence-corrected chi connectivity index (χ0v) is 21.3. The minimum absolute atomic E-state index is 0.182. The maximum absolute atomic E-state index is 13.6. The molecule has 190 valence electrons. The standard InChI is InChI=1S/C25H29N11O/c1-5-6-9-18-16-35(23-29-32-33-36(23)25(2,3)4)24(37)34(18)15-17-12-13-21(26-14-17)19-10-7-8-11-20(19)22-27-30-31-28-22/h7-8,10-14,16H,5-6,9,15H2,1-4H3,(H,27,28,30,31). The zero-order chi connectivity index (χ0) is 26.0. The van der Waals surface area contributed by atoms with Crippen LogP contribution in [0.1, 0.15) is 51.8 Å². The van der Waals surface area contributed by atoms with E-state index < -0.39 is 0 Å². The first-order valence-corrected chi connectivity index (χ1v) is 12.3. The number of nitrogens with zero attached hydrogens (tertiary/aromatic N) is 10. The summed E-state index contributed by atoms with van der Waals surface area (Å²) >= 11 is 0. The Balaban J connectivity index is 1.48. The average Bonchev–Trinajstić information content (AvgIpc) is 3.65. The minimum atomic E-state index is -0.373. The second kappa shape index (κ2) is 9.88. The SMILES string of the molecule is CCCCc1cn(-c2nnnn2C(C)(C)C)c(=O)n1Cc1ccc(-c2ccccc2-c2nnn[nH]2)nc1. The fourth-order valence-corrected chi connectivity index (χ4v) is 4.21. The van der Waals surface area contributed by atoms with Crippen molar-refractivity contribution in [2.75, 3.05) is 0 Å². The van der Waals surface area contributed by atoms with Crippen molar-refractivity contribution in [1.29, 1.82) is 0 Å². The molecule has 1 aromatic carbocycles. The lowest BCUT2D eigenvalue weighted by atomic mass is 10.0. The second-order valence-corrected chi connectivity index (χ2v) is 9.87. The molecule has 0 fully saturated rings. The van der Waals surface area contributed by atoms with Crippen molar-refractivity contribution in [3.63, 3.8) is 0 Å². The molecule has 0 bridgehead atoms. The molecule has 0 spiro atoms. The maximum Gasteiger partial charge on any atom is 0.335 e. The molecule has 0 aliphatic carbocycles. The molecule has 0 saturated heterocycles. The van der Waals surface area contributed by atoms with Crippen molar-refractivity contribution >= 4 is 0 Å². The molecule has 37 heavy (non-hydrogen) atoms. The highest BCUT2D eigenvalue weighted by atomic mass is 16.2. The number of aryl methyl sites for hydroxylation is 1. The van der Waals surface area contributed by atoms with Crippen LogP contribution in [-0.2, 0) is 18.5 Å². The van der Waals surface area contributed by atoms with E-state index in [0.29, 0.717) is 18.3 Å². The quantitative estimate of drug-likeness (QED) is 0.344. The van der Waals surface area contributed by atoms with Crippen molar-refractivity contribution in [3.8, 4) is 28.6 Å². The predicted molar refractivity (Wildman–Crippen MR) is 137 cm³/mol. The predicted octanol–water partition coefficient (Wildman–Crippen LogP) is 3.01. The van der Waals surface area contributed by atoms with Crippen LogP contribution in [0, 0.1) is 0 Å². The van der Waals surface area contributed by atoms with E-state index in [2.05, 4.69) is 43.1 Å². The van der Waals surface area contributed by atoms with E-state index in [-0.39, 0.29) is 11.2 Å². The highest BCUT2D eigenvalue weighted by Crippen LogP contribution is 2.28. The van der Waals surface area contributed by atoms with Crippen LogP contribution >= 0.6 is 0 Å². The summed E-state index contributed by atoms with van der Waals surface area (Å²) in [6.07, 6.45) is 6.43. The number of imidazole rings is 1. The lowest BCUT2D eigenvalue weighted by molar-refractivity contribution is 0.342. The summed E-state index contributed by atoms with van der Waals surface area (Å²) in [6, 6.07) is 11.7. The number of H-pyrrole nitrogens is 1. The van der Waals surface area contributed by atoms with Gasteiger partial charge in [-0.05, 0) is 66.1 Å². The van der Waals surface area contributed by atoms with Crippen LogP contribution in [0.25, 0.3) is 28.6 Å². The summed E-state index contributed by atoms with van der Waals surface area (Å²) in [5, 5.41) is 26.3. The average molecular weight is 500 g/mol. The monoisotopic (exact) mass is 499 g/mol. The Hall–Kier alpha value is -4.48. The third-order valence-corrected chi connectivity index (χ3v) is 6.12. The number of hydrogen-bond donors (Lipinski definition) is 1. The Morgan fingerprint density at radius 3 is 2.49 bits per heavy atom. The number of aromatic nitrogens is 11. The van der Waals surface area contributed by atoms with Crippen molar-refractivity contribution in [1.82, 2.24) is 54.9 Å². The maximum atomic E-state index is 13.6. The van der Waals surface area contributed by atoms with Gasteiger partial charge in [-0.15, -0.1) is 5.10 Å². The zero-order valence-electron chi connectivity index (χ0n) is 21.3. The van der Waals surface area contributed by atoms with Gasteiger partial charge in [0, 0.05) is 29.2 Å². The Bertz CT molecular complexity index is 1540. The highest BCUT2D eigenvalue weighted by molar-refractivity contribution is 5.78. The van der Waals surface area contributed by atoms with Crippen LogP contribution in [-0.4, -0.2) is 54.9 Å². The normalized spacial score (nSPS) is 11.8. The highest BCUT2D eigenvalue weighted by Gasteiger charge is 2.24. The van der Waals surface area contributed by atoms with Crippen LogP contribution < -0.4 is 5.69 Å². The lowest BCUT2D eigenvalue weighted by Crippen LogP contribution is -2.31. The smallest absolute Gasteiger partial charge is 0.291 e. The number of hydrogen-bond acceptors (Lipinski definition) is 8. The molecule has 1 N–H and O–H groups in total. The molecule has 0 saturated carbocycles. The van der Waals surface area contributed by atoms with Gasteiger partial charge in [-0.1, -0.05) is 48.8 Å². The van der Waals surface area contributed by atoms with E-state index in [4.69, 9.17) is 4.98 Å². The fourth-order valence-electron chi connectivity index (χ4n) is 4.21. The molecule has 0 radical (unpaired) electrons. The molecular weight excluding hydrogens is 470 g/mol. The van der Waals surface area contributed by atoms with Gasteiger partial charge in [0.25, 0.3) is 5.95 Å². The first kappa shape index (κ1) is 24.2. The van der Waals surface area contributed by atoms with Gasteiger partial charge in [0.1, 0.15) is 0 Å². The number of rotatable bonds is 8. The summed E-state index contributed by atoms with van der Waals surface area (Å²) in [5.74, 6) is 0.980. The Morgan fingerprint density at radius 1 is 1.00 bits per heavy atom. The van der Waals surface area contributed by atoms with Crippen LogP contribution in [0.2, 0.25) is 0 Å². The Kier molecular flexibility index (Phi) is 6.47. The summed E-state index contributed by atoms with van der Waals surface area (Å²) in [5.41, 5.74) is 3.85. The van der Waals surface area contributed by atoms with Gasteiger partial charge >= 0.3 is 5.69 Å². The number of nitrogens with one attached hydrogen (secondary N) is 1. The van der Waals surface area contributed by atoms with Crippen molar-refractivity contribution < 1.29 is 0 Å². The number of aromatic amines is 1. The second-order valence-electron chi connectivity index (χ2n) is 9.87. The first-order chi connectivity index (χ1) is 17.9. The van der Waals surface area contributed by atoms with Gasteiger partial charge in [-0.3, -0.25) is 9.55 Å². The van der Waals surface area contributed by atoms with E-state index in [9.17, 15) is 4.79 Å². The Morgan fingerprint density at radius 2 is 1.81 bits per heavy atom. The van der Waals surface area contributed by atoms with Crippen LogP contribution in [0.3, 0.4) is 0 Å². The number of benzene rings is 1. The summed E-state index contributed by atoms with van der Waals surface area (Å²) < 4.78 is 4.99. The van der Waals surface area contributed by atoms with E-state index in [1.807, 2.05) is 63.4 Å². The number of unbranched alkanes of at least 4 members (excludes halogenated alkanes) is 1. The molecule has 4 heterocycles. The van der Waals surface area contributed by atoms with Gasteiger partial charge in [0.05, 0.1) is 17.8 Å². The van der Waals surface area contributed by atoms with E-state index in [0.717, 1.165) is 47.3 Å². The molecule has 0 aliphatic heterocycles. The van der Waals surface area contributed by atoms with Gasteiger partial charge in [0.2, 0.25) is 0 Å². The van der Waals surface area contributed by atoms with Crippen molar-refractivity contribution in [2.45, 2.75) is 59.0 Å². The first-order valence-electron chi connectivity index (χ1n) is 12.3. The molecule has 4 aromatic heterocycles. The van der Waals surface area contributed by atoms with Crippen molar-refractivity contribution in [3.05, 3.63) is 70.5 Å². The third-order valence-electron chi connectivity index (χ3n) is 6.12. The lowest BCUT2D eigenvalue weighted by Gasteiger charge is -2.19. The minimum Gasteiger partial charge on any atom is -0.291 e. The molecule has 12 heteroatoms. The van der Waals surface area contributed by atoms with Gasteiger partial charge < -0.3 is 0 Å². The molecule has 0 amide bonds. The fraction of sp³-hybridized carbons (Fsp3) is 0.360. The molecular formula is C25H29N11O. The topological polar surface area (TPSA) is 138 Å². The van der Waals surface area contributed by atoms with Crippen LogP contribution in [0.15, 0.2) is 53.6 Å². The van der Waals surface area contributed by atoms with E-state index in [1.165, 1.54) is 0 Å². The summed E-state index contributed by atoms with van der Waals surface area (Å²) in [4.78, 5) is 18.3. The van der Waals surface area contributed by atoms with E-state index >= 15 is 0 Å². The summed E-state index contributed by atoms with van der Waals surface area (Å²) in [6.45, 7) is 8.52. The Labute approximate surface area is 213 Å². The number of tetrazole rings is 2. The molecule has 0 atom stereocenters.